The Morgan fingerprint density at radius 2 is 1.71 bits per heavy atom. The highest BCUT2D eigenvalue weighted by atomic mass is 27.1. The second kappa shape index (κ2) is 4.17. The van der Waals surface area contributed by atoms with Crippen LogP contribution in [0.4, 0.5) is 0 Å². The number of hydrogen-bond acceptors (Lipinski definition) is 2. The Morgan fingerprint density at radius 3 is 2.07 bits per heavy atom. The molecule has 0 heterocycles. The molecular weight excluding hydrogens is 191 g/mol. The van der Waals surface area contributed by atoms with Crippen LogP contribution >= 0.6 is 0 Å². The van der Waals surface area contributed by atoms with Crippen LogP contribution in [-0.2, 0) is 9.20 Å². The summed E-state index contributed by atoms with van der Waals surface area (Å²) in [5, 5.41) is 0. The van der Waals surface area contributed by atoms with Crippen molar-refractivity contribution in [1.29, 1.82) is 0 Å². The van der Waals surface area contributed by atoms with Gasteiger partial charge in [0.25, 0.3) is 0 Å². The molecule has 0 bridgehead atoms. The monoisotopic (exact) mass is 204 g/mol. The third-order valence-electron chi connectivity index (χ3n) is 2.09. The highest BCUT2D eigenvalue weighted by molar-refractivity contribution is 6.09. The molecule has 0 atom stereocenters. The standard InChI is InChI=1S/C11H14O2.Al/c1-11(2,3)9-6-4-8(5-7-9)10(12)13;/h4-7H,1-3H3,(H,12,13);/q;+1/p-1. The van der Waals surface area contributed by atoms with Crippen molar-refractivity contribution in [1.82, 2.24) is 0 Å². The average molecular weight is 204 g/mol. The molecule has 2 nitrogen and oxygen atoms in total. The van der Waals surface area contributed by atoms with E-state index in [-0.39, 0.29) is 11.4 Å². The molecule has 0 saturated carbocycles. The lowest BCUT2D eigenvalue weighted by Crippen LogP contribution is -2.11. The van der Waals surface area contributed by atoms with Gasteiger partial charge in [-0.1, -0.05) is 32.9 Å². The summed E-state index contributed by atoms with van der Waals surface area (Å²) >= 11 is 1.95. The fourth-order valence-corrected chi connectivity index (χ4v) is 1.31. The van der Waals surface area contributed by atoms with Crippen molar-refractivity contribution in [2.75, 3.05) is 0 Å². The van der Waals surface area contributed by atoms with Crippen molar-refractivity contribution in [3.63, 3.8) is 0 Å². The van der Waals surface area contributed by atoms with E-state index in [4.69, 9.17) is 0 Å². The molecule has 0 aliphatic carbocycles. The van der Waals surface area contributed by atoms with Crippen molar-refractivity contribution in [3.05, 3.63) is 35.4 Å². The van der Waals surface area contributed by atoms with Crippen molar-refractivity contribution >= 4 is 22.6 Å². The number of carbonyl (C=O) groups is 1. The van der Waals surface area contributed by atoms with Crippen LogP contribution in [0.15, 0.2) is 24.3 Å². The van der Waals surface area contributed by atoms with Crippen LogP contribution in [0.1, 0.15) is 36.7 Å². The van der Waals surface area contributed by atoms with Crippen molar-refractivity contribution < 1.29 is 8.58 Å². The predicted molar refractivity (Wildman–Crippen MR) is 56.3 cm³/mol. The highest BCUT2D eigenvalue weighted by Gasteiger charge is 2.13. The van der Waals surface area contributed by atoms with Gasteiger partial charge in [0.2, 0.25) is 0 Å². The first-order valence-electron chi connectivity index (χ1n) is 4.47. The Hall–Kier alpha value is -0.778. The average Bonchev–Trinajstić information content (AvgIpc) is 2.15. The topological polar surface area (TPSA) is 26.3 Å². The Bertz CT molecular complexity index is 322. The molecule has 0 spiro atoms. The summed E-state index contributed by atoms with van der Waals surface area (Å²) in [5.41, 5.74) is 1.90. The fourth-order valence-electron chi connectivity index (χ4n) is 1.17. The van der Waals surface area contributed by atoms with Gasteiger partial charge in [-0.15, -0.1) is 0 Å². The van der Waals surface area contributed by atoms with Crippen LogP contribution in [-0.4, -0.2) is 22.6 Å². The minimum Gasteiger partial charge on any atom is -0.625 e. The molecule has 0 aliphatic rings. The van der Waals surface area contributed by atoms with Crippen molar-refractivity contribution in [2.24, 2.45) is 0 Å². The molecule has 0 aliphatic heterocycles. The van der Waals surface area contributed by atoms with Crippen molar-refractivity contribution in [2.45, 2.75) is 26.2 Å². The second-order valence-corrected chi connectivity index (χ2v) is 4.47. The smallest absolute Gasteiger partial charge is 0.485 e. The van der Waals surface area contributed by atoms with Crippen LogP contribution < -0.4 is 0 Å². The van der Waals surface area contributed by atoms with Crippen LogP contribution in [0, 0.1) is 0 Å². The first-order chi connectivity index (χ1) is 6.45. The maximum absolute atomic E-state index is 11.1. The number of benzene rings is 1. The molecule has 72 valence electrons. The van der Waals surface area contributed by atoms with E-state index in [1.54, 1.807) is 12.1 Å². The summed E-state index contributed by atoms with van der Waals surface area (Å²) in [6.07, 6.45) is 0. The van der Waals surface area contributed by atoms with E-state index >= 15 is 0 Å². The van der Waals surface area contributed by atoms with Gasteiger partial charge < -0.3 is 3.79 Å². The zero-order valence-corrected chi connectivity index (χ0v) is 9.86. The Morgan fingerprint density at radius 1 is 1.21 bits per heavy atom. The Kier molecular flexibility index (Phi) is 3.36. The zero-order valence-electron chi connectivity index (χ0n) is 8.70. The summed E-state index contributed by atoms with van der Waals surface area (Å²) in [7, 11) is 0. The molecule has 14 heavy (non-hydrogen) atoms. The Labute approximate surface area is 93.0 Å². The molecule has 3 heteroatoms. The van der Waals surface area contributed by atoms with Gasteiger partial charge in [0.15, 0.2) is 0 Å². The largest absolute Gasteiger partial charge is 0.625 e. The Balaban J connectivity index is 2.95. The lowest BCUT2D eigenvalue weighted by molar-refractivity contribution is 0.0749. The molecule has 0 unspecified atom stereocenters. The molecule has 0 fully saturated rings. The maximum atomic E-state index is 11.1. The summed E-state index contributed by atoms with van der Waals surface area (Å²) < 4.78 is 4.54. The molecule has 0 saturated heterocycles. The van der Waals surface area contributed by atoms with Gasteiger partial charge in [0.05, 0.1) is 5.56 Å². The predicted octanol–water partition coefficient (Wildman–Crippen LogP) is 2.22. The lowest BCUT2D eigenvalue weighted by atomic mass is 9.87. The number of rotatable bonds is 1. The highest BCUT2D eigenvalue weighted by Crippen LogP contribution is 2.22. The van der Waals surface area contributed by atoms with Gasteiger partial charge in [0, 0.05) is 0 Å². The van der Waals surface area contributed by atoms with E-state index in [9.17, 15) is 4.79 Å². The van der Waals surface area contributed by atoms with Crippen LogP contribution in [0.2, 0.25) is 0 Å². The fraction of sp³-hybridized carbons (Fsp3) is 0.364. The minimum absolute atomic E-state index is 0.114. The molecular formula is C11H13AlO2. The van der Waals surface area contributed by atoms with E-state index in [1.165, 1.54) is 5.56 Å². The molecule has 0 N–H and O–H groups in total. The third-order valence-corrected chi connectivity index (χ3v) is 2.31. The minimum atomic E-state index is -0.324. The first-order valence-corrected chi connectivity index (χ1v) is 4.94. The molecule has 1 rings (SSSR count). The van der Waals surface area contributed by atoms with Gasteiger partial charge in [0.1, 0.15) is 0 Å². The maximum Gasteiger partial charge on any atom is 0.485 e. The lowest BCUT2D eigenvalue weighted by Gasteiger charge is -2.18. The molecule has 1 aromatic rings. The normalized spacial score (nSPS) is 11.1. The molecule has 2 radical (unpaired) electrons. The van der Waals surface area contributed by atoms with Crippen LogP contribution in [0.5, 0.6) is 0 Å². The summed E-state index contributed by atoms with van der Waals surface area (Å²) in [6.45, 7) is 6.40. The number of hydrogen-bond donors (Lipinski definition) is 0. The van der Waals surface area contributed by atoms with Gasteiger partial charge in [-0.05, 0) is 23.1 Å². The summed E-state index contributed by atoms with van der Waals surface area (Å²) in [6, 6.07) is 7.48. The second-order valence-electron chi connectivity index (χ2n) is 4.23. The third kappa shape index (κ3) is 2.60. The van der Waals surface area contributed by atoms with Crippen LogP contribution in [0.3, 0.4) is 0 Å². The van der Waals surface area contributed by atoms with Gasteiger partial charge in [-0.3, -0.25) is 0 Å². The number of carbonyl (C=O) groups excluding carboxylic acids is 1. The summed E-state index contributed by atoms with van der Waals surface area (Å²) in [5.74, 6) is -0.324. The molecule has 0 amide bonds. The molecule has 1 aromatic carbocycles. The quantitative estimate of drug-likeness (QED) is 0.655. The van der Waals surface area contributed by atoms with Crippen molar-refractivity contribution in [3.8, 4) is 0 Å². The van der Waals surface area contributed by atoms with E-state index in [0.717, 1.165) is 0 Å². The first kappa shape index (κ1) is 11.3. The van der Waals surface area contributed by atoms with E-state index in [2.05, 4.69) is 24.6 Å². The zero-order chi connectivity index (χ0) is 10.8. The van der Waals surface area contributed by atoms with Gasteiger partial charge in [-0.2, -0.15) is 0 Å². The molecule has 0 aromatic heterocycles. The summed E-state index contributed by atoms with van der Waals surface area (Å²) in [4.78, 5) is 11.1. The van der Waals surface area contributed by atoms with Crippen LogP contribution in [0.25, 0.3) is 0 Å². The van der Waals surface area contributed by atoms with E-state index < -0.39 is 0 Å². The van der Waals surface area contributed by atoms with Gasteiger partial charge in [-0.25, -0.2) is 4.79 Å². The van der Waals surface area contributed by atoms with E-state index in [1.807, 2.05) is 28.8 Å². The van der Waals surface area contributed by atoms with Gasteiger partial charge >= 0.3 is 22.6 Å². The SMILES string of the molecule is CC(C)(C)c1ccc(C(=O)[O][Al])cc1. The van der Waals surface area contributed by atoms with E-state index in [0.29, 0.717) is 5.56 Å².